The van der Waals surface area contributed by atoms with E-state index in [9.17, 15) is 5.26 Å². The zero-order valence-electron chi connectivity index (χ0n) is 11.7. The van der Waals surface area contributed by atoms with Crippen molar-refractivity contribution in [2.45, 2.75) is 19.3 Å². The molecule has 2 heterocycles. The van der Waals surface area contributed by atoms with Crippen LogP contribution in [0.15, 0.2) is 29.7 Å². The topological polar surface area (TPSA) is 87.7 Å². The summed E-state index contributed by atoms with van der Waals surface area (Å²) in [6.07, 6.45) is 0.724. The molecule has 0 amide bonds. The molecule has 0 saturated carbocycles. The van der Waals surface area contributed by atoms with E-state index >= 15 is 0 Å². The maximum atomic E-state index is 9.49. The minimum atomic E-state index is -0.378. The summed E-state index contributed by atoms with van der Waals surface area (Å²) < 4.78 is 5.46. The molecule has 1 unspecified atom stereocenters. The van der Waals surface area contributed by atoms with Crippen molar-refractivity contribution < 1.29 is 4.74 Å². The summed E-state index contributed by atoms with van der Waals surface area (Å²) in [5.74, 6) is 0.0712. The van der Waals surface area contributed by atoms with Gasteiger partial charge in [0.2, 0.25) is 11.8 Å². The molecule has 22 heavy (non-hydrogen) atoms. The van der Waals surface area contributed by atoms with Gasteiger partial charge in [-0.15, -0.1) is 5.10 Å². The van der Waals surface area contributed by atoms with Crippen LogP contribution >= 0.6 is 23.2 Å². The van der Waals surface area contributed by atoms with Crippen LogP contribution in [0.2, 0.25) is 10.0 Å². The molecule has 5 nitrogen and oxygen atoms in total. The summed E-state index contributed by atoms with van der Waals surface area (Å²) in [6, 6.07) is 7.39. The van der Waals surface area contributed by atoms with Crippen molar-refractivity contribution in [2.75, 3.05) is 0 Å². The van der Waals surface area contributed by atoms with Crippen LogP contribution < -0.4 is 10.5 Å². The molecule has 3 rings (SSSR count). The molecular formula is C15H12Cl2N4O. The Morgan fingerprint density at radius 2 is 2.18 bits per heavy atom. The van der Waals surface area contributed by atoms with Gasteiger partial charge in [0.05, 0.1) is 16.0 Å². The van der Waals surface area contributed by atoms with Crippen molar-refractivity contribution in [1.82, 2.24) is 10.2 Å². The molecule has 1 aliphatic heterocycles. The third-order valence-corrected chi connectivity index (χ3v) is 4.39. The summed E-state index contributed by atoms with van der Waals surface area (Å²) in [5, 5.41) is 17.4. The first kappa shape index (κ1) is 14.8. The molecule has 0 saturated heterocycles. The third kappa shape index (κ3) is 2.21. The Balaban J connectivity index is 2.24. The van der Waals surface area contributed by atoms with Crippen LogP contribution in [0.4, 0.5) is 0 Å². The van der Waals surface area contributed by atoms with E-state index in [-0.39, 0.29) is 11.8 Å². The number of nitrogens with zero attached hydrogens (tertiary/aromatic N) is 2. The van der Waals surface area contributed by atoms with Gasteiger partial charge in [-0.2, -0.15) is 5.26 Å². The first-order valence-corrected chi connectivity index (χ1v) is 7.42. The zero-order valence-corrected chi connectivity index (χ0v) is 13.2. The first-order valence-electron chi connectivity index (χ1n) is 6.66. The number of hydrogen-bond acceptors (Lipinski definition) is 4. The third-order valence-electron chi connectivity index (χ3n) is 3.65. The zero-order chi connectivity index (χ0) is 15.9. The number of aryl methyl sites for hydroxylation is 1. The highest BCUT2D eigenvalue weighted by molar-refractivity contribution is 6.42. The molecule has 0 spiro atoms. The number of aromatic nitrogens is 2. The fourth-order valence-electron chi connectivity index (χ4n) is 2.60. The predicted molar refractivity (Wildman–Crippen MR) is 83.7 cm³/mol. The maximum absolute atomic E-state index is 9.49. The molecule has 0 radical (unpaired) electrons. The molecule has 112 valence electrons. The number of halogens is 2. The predicted octanol–water partition coefficient (Wildman–Crippen LogP) is 3.50. The van der Waals surface area contributed by atoms with Gasteiger partial charge in [0.15, 0.2) is 0 Å². The second-order valence-electron chi connectivity index (χ2n) is 4.87. The van der Waals surface area contributed by atoms with Crippen LogP contribution in [0.1, 0.15) is 29.7 Å². The number of hydrogen-bond donors (Lipinski definition) is 2. The van der Waals surface area contributed by atoms with Gasteiger partial charge in [-0.1, -0.05) is 36.2 Å². The SMILES string of the molecule is CCc1[nH]nc2c1C(c1ccc(Cl)c(Cl)c1)C(C#N)=C(N)O2. The van der Waals surface area contributed by atoms with E-state index in [1.54, 1.807) is 12.1 Å². The van der Waals surface area contributed by atoms with Gasteiger partial charge >= 0.3 is 0 Å². The molecule has 1 aromatic carbocycles. The normalized spacial score (nSPS) is 16.9. The van der Waals surface area contributed by atoms with Crippen LogP contribution in [0.25, 0.3) is 0 Å². The van der Waals surface area contributed by atoms with E-state index < -0.39 is 0 Å². The Labute approximate surface area is 137 Å². The molecule has 2 aromatic rings. The van der Waals surface area contributed by atoms with E-state index in [2.05, 4.69) is 16.3 Å². The summed E-state index contributed by atoms with van der Waals surface area (Å²) in [6.45, 7) is 1.99. The molecule has 0 aliphatic carbocycles. The van der Waals surface area contributed by atoms with E-state index in [1.807, 2.05) is 13.0 Å². The van der Waals surface area contributed by atoms with E-state index in [0.29, 0.717) is 21.5 Å². The second kappa shape index (κ2) is 5.56. The number of allylic oxidation sites excluding steroid dienone is 1. The largest absolute Gasteiger partial charge is 0.420 e. The van der Waals surface area contributed by atoms with Crippen LogP contribution in [0.5, 0.6) is 5.88 Å². The van der Waals surface area contributed by atoms with Crippen molar-refractivity contribution in [1.29, 1.82) is 5.26 Å². The quantitative estimate of drug-likeness (QED) is 0.879. The van der Waals surface area contributed by atoms with Crippen LogP contribution in [-0.2, 0) is 6.42 Å². The Bertz CT molecular complexity index is 819. The van der Waals surface area contributed by atoms with Crippen LogP contribution in [-0.4, -0.2) is 10.2 Å². The highest BCUT2D eigenvalue weighted by Crippen LogP contribution is 2.43. The molecule has 7 heteroatoms. The Kier molecular flexibility index (Phi) is 3.73. The smallest absolute Gasteiger partial charge is 0.244 e. The second-order valence-corrected chi connectivity index (χ2v) is 5.69. The molecule has 0 fully saturated rings. The number of nitriles is 1. The molecule has 1 aliphatic rings. The van der Waals surface area contributed by atoms with E-state index in [4.69, 9.17) is 33.7 Å². The Hall–Kier alpha value is -2.16. The fourth-order valence-corrected chi connectivity index (χ4v) is 2.91. The van der Waals surface area contributed by atoms with Crippen molar-refractivity contribution in [3.63, 3.8) is 0 Å². The van der Waals surface area contributed by atoms with Gasteiger partial charge in [-0.25, -0.2) is 0 Å². The summed E-state index contributed by atoms with van der Waals surface area (Å²) in [5.41, 5.74) is 8.73. The van der Waals surface area contributed by atoms with Crippen LogP contribution in [0, 0.1) is 11.3 Å². The lowest BCUT2D eigenvalue weighted by Gasteiger charge is -2.24. The number of H-pyrrole nitrogens is 1. The number of nitrogens with two attached hydrogens (primary N) is 1. The van der Waals surface area contributed by atoms with Gasteiger partial charge in [-0.3, -0.25) is 5.10 Å². The number of fused-ring (bicyclic) bond motifs is 1. The average Bonchev–Trinajstić information content (AvgIpc) is 2.91. The van der Waals surface area contributed by atoms with E-state index in [1.165, 1.54) is 0 Å². The molecule has 1 aromatic heterocycles. The number of ether oxygens (including phenoxy) is 1. The lowest BCUT2D eigenvalue weighted by atomic mass is 9.84. The lowest BCUT2D eigenvalue weighted by molar-refractivity contribution is 0.378. The summed E-state index contributed by atoms with van der Waals surface area (Å²) in [4.78, 5) is 0. The van der Waals surface area contributed by atoms with E-state index in [0.717, 1.165) is 23.2 Å². The first-order chi connectivity index (χ1) is 10.6. The number of benzene rings is 1. The van der Waals surface area contributed by atoms with Crippen molar-refractivity contribution in [2.24, 2.45) is 5.73 Å². The Morgan fingerprint density at radius 1 is 1.41 bits per heavy atom. The number of aromatic amines is 1. The van der Waals surface area contributed by atoms with Gasteiger partial charge in [0.25, 0.3) is 0 Å². The molecule has 3 N–H and O–H groups in total. The van der Waals surface area contributed by atoms with Crippen LogP contribution in [0.3, 0.4) is 0 Å². The minimum absolute atomic E-state index is 0.0558. The molecule has 1 atom stereocenters. The summed E-state index contributed by atoms with van der Waals surface area (Å²) >= 11 is 12.1. The standard InChI is InChI=1S/C15H12Cl2N4O/c1-2-11-13-12(7-3-4-9(16)10(17)5-7)8(6-18)14(19)22-15(13)21-20-11/h3-5,12H,2,19H2,1H3,(H,20,21). The molecular weight excluding hydrogens is 323 g/mol. The van der Waals surface area contributed by atoms with Gasteiger partial charge < -0.3 is 10.5 Å². The van der Waals surface area contributed by atoms with Crippen molar-refractivity contribution in [3.8, 4) is 11.9 Å². The van der Waals surface area contributed by atoms with Gasteiger partial charge in [0, 0.05) is 11.3 Å². The lowest BCUT2D eigenvalue weighted by Crippen LogP contribution is -2.21. The minimum Gasteiger partial charge on any atom is -0.420 e. The average molecular weight is 335 g/mol. The van der Waals surface area contributed by atoms with Gasteiger partial charge in [0.1, 0.15) is 11.6 Å². The summed E-state index contributed by atoms with van der Waals surface area (Å²) in [7, 11) is 0. The number of rotatable bonds is 2. The highest BCUT2D eigenvalue weighted by Gasteiger charge is 2.34. The fraction of sp³-hybridized carbons (Fsp3) is 0.200. The van der Waals surface area contributed by atoms with Crippen molar-refractivity contribution in [3.05, 3.63) is 56.5 Å². The van der Waals surface area contributed by atoms with Crippen molar-refractivity contribution >= 4 is 23.2 Å². The van der Waals surface area contributed by atoms with Gasteiger partial charge in [-0.05, 0) is 24.1 Å². The number of nitrogens with one attached hydrogen (secondary N) is 1. The monoisotopic (exact) mass is 334 g/mol. The Morgan fingerprint density at radius 3 is 2.82 bits per heavy atom. The molecule has 0 bridgehead atoms. The maximum Gasteiger partial charge on any atom is 0.244 e. The highest BCUT2D eigenvalue weighted by atomic mass is 35.5.